The Hall–Kier alpha value is -1.07. The molecule has 136 valence electrons. The lowest BCUT2D eigenvalue weighted by Crippen LogP contribution is -2.47. The van der Waals surface area contributed by atoms with Crippen molar-refractivity contribution in [2.75, 3.05) is 24.5 Å². The van der Waals surface area contributed by atoms with Crippen LogP contribution in [0, 0.1) is 0 Å². The molecule has 1 aromatic carbocycles. The van der Waals surface area contributed by atoms with Crippen molar-refractivity contribution < 1.29 is 0 Å². The van der Waals surface area contributed by atoms with Crippen molar-refractivity contribution >= 4 is 28.6 Å². The molecule has 0 radical (unpaired) electrons. The van der Waals surface area contributed by atoms with Gasteiger partial charge < -0.3 is 15.5 Å². The third kappa shape index (κ3) is 4.98. The summed E-state index contributed by atoms with van der Waals surface area (Å²) in [5.41, 5.74) is 8.39. The summed E-state index contributed by atoms with van der Waals surface area (Å²) in [5, 5.41) is 5.21. The van der Waals surface area contributed by atoms with Crippen LogP contribution in [0.3, 0.4) is 0 Å². The van der Waals surface area contributed by atoms with Gasteiger partial charge in [0.15, 0.2) is 0 Å². The summed E-state index contributed by atoms with van der Waals surface area (Å²) in [6, 6.07) is 11.7. The summed E-state index contributed by atoms with van der Waals surface area (Å²) in [6.45, 7) is 6.35. The van der Waals surface area contributed by atoms with Crippen molar-refractivity contribution in [1.82, 2.24) is 4.90 Å². The zero-order valence-electron chi connectivity index (χ0n) is 14.9. The van der Waals surface area contributed by atoms with E-state index in [0.717, 1.165) is 37.6 Å². The summed E-state index contributed by atoms with van der Waals surface area (Å²) in [4.78, 5) is 5.15. The molecule has 0 unspecified atom stereocenters. The second-order valence-electron chi connectivity index (χ2n) is 6.93. The fraction of sp³-hybridized carbons (Fsp3) is 0.500. The third-order valence-corrected chi connectivity index (χ3v) is 6.22. The summed E-state index contributed by atoms with van der Waals surface area (Å²) in [5.74, 6) is 0. The normalized spacial score (nSPS) is 17.6. The minimum Gasteiger partial charge on any atom is -0.364 e. The van der Waals surface area contributed by atoms with Gasteiger partial charge in [-0.2, -0.15) is 11.3 Å². The molecule has 5 heteroatoms. The van der Waals surface area contributed by atoms with Crippen LogP contribution < -0.4 is 10.6 Å². The van der Waals surface area contributed by atoms with E-state index in [1.54, 1.807) is 11.3 Å². The minimum absolute atomic E-state index is 0.572. The van der Waals surface area contributed by atoms with Crippen LogP contribution in [0.4, 0.5) is 5.69 Å². The smallest absolute Gasteiger partial charge is 0.0440 e. The number of nitrogens with two attached hydrogens (primary N) is 1. The van der Waals surface area contributed by atoms with Crippen molar-refractivity contribution in [3.63, 3.8) is 0 Å². The Balaban J connectivity index is 1.70. The van der Waals surface area contributed by atoms with Crippen LogP contribution >= 0.6 is 22.9 Å². The lowest BCUT2D eigenvalue weighted by Gasteiger charge is -2.41. The molecule has 1 aliphatic heterocycles. The summed E-state index contributed by atoms with van der Waals surface area (Å²) in [6.07, 6.45) is 3.48. The summed E-state index contributed by atoms with van der Waals surface area (Å²) >= 11 is 7.86. The summed E-state index contributed by atoms with van der Waals surface area (Å²) in [7, 11) is 0. The number of piperidine rings is 1. The van der Waals surface area contributed by atoms with E-state index in [0.29, 0.717) is 12.1 Å². The molecule has 1 fully saturated rings. The maximum atomic E-state index is 6.09. The van der Waals surface area contributed by atoms with Crippen molar-refractivity contribution in [3.8, 4) is 0 Å². The van der Waals surface area contributed by atoms with E-state index in [2.05, 4.69) is 45.7 Å². The Labute approximate surface area is 160 Å². The highest BCUT2D eigenvalue weighted by Crippen LogP contribution is 2.28. The lowest BCUT2D eigenvalue weighted by molar-refractivity contribution is 0.154. The molecule has 1 aromatic heterocycles. The van der Waals surface area contributed by atoms with Crippen molar-refractivity contribution in [2.24, 2.45) is 5.73 Å². The Kier molecular flexibility index (Phi) is 6.77. The van der Waals surface area contributed by atoms with Crippen LogP contribution in [-0.4, -0.2) is 36.6 Å². The van der Waals surface area contributed by atoms with Gasteiger partial charge in [0.2, 0.25) is 0 Å². The molecule has 0 saturated carbocycles. The number of anilines is 1. The minimum atomic E-state index is 0.572. The predicted molar refractivity (Wildman–Crippen MR) is 110 cm³/mol. The number of hydrogen-bond donors (Lipinski definition) is 1. The monoisotopic (exact) mass is 377 g/mol. The van der Waals surface area contributed by atoms with E-state index in [1.165, 1.54) is 24.1 Å². The first-order chi connectivity index (χ1) is 12.2. The average Bonchev–Trinajstić information content (AvgIpc) is 3.14. The number of rotatable bonds is 7. The molecule has 2 N–H and O–H groups in total. The highest BCUT2D eigenvalue weighted by atomic mass is 35.5. The van der Waals surface area contributed by atoms with Gasteiger partial charge in [0.1, 0.15) is 0 Å². The Morgan fingerprint density at radius 3 is 2.56 bits per heavy atom. The van der Waals surface area contributed by atoms with Gasteiger partial charge >= 0.3 is 0 Å². The van der Waals surface area contributed by atoms with Gasteiger partial charge in [0.05, 0.1) is 0 Å². The summed E-state index contributed by atoms with van der Waals surface area (Å²) < 4.78 is 0. The molecular weight excluding hydrogens is 350 g/mol. The second-order valence-corrected chi connectivity index (χ2v) is 8.15. The largest absolute Gasteiger partial charge is 0.364 e. The van der Waals surface area contributed by atoms with E-state index in [1.807, 2.05) is 12.1 Å². The first-order valence-electron chi connectivity index (χ1n) is 9.15. The maximum Gasteiger partial charge on any atom is 0.0440 e. The molecule has 25 heavy (non-hydrogen) atoms. The highest BCUT2D eigenvalue weighted by Gasteiger charge is 2.27. The van der Waals surface area contributed by atoms with Crippen LogP contribution in [0.15, 0.2) is 41.1 Å². The molecule has 1 atom stereocenters. The van der Waals surface area contributed by atoms with E-state index in [-0.39, 0.29) is 0 Å². The van der Waals surface area contributed by atoms with Gasteiger partial charge in [-0.1, -0.05) is 11.6 Å². The Bertz CT molecular complexity index is 621. The lowest BCUT2D eigenvalue weighted by atomic mass is 9.99. The zero-order valence-corrected chi connectivity index (χ0v) is 16.5. The molecule has 1 aliphatic rings. The number of nitrogens with zero attached hydrogens (tertiary/aromatic N) is 2. The number of hydrogen-bond acceptors (Lipinski definition) is 4. The molecule has 0 amide bonds. The molecule has 1 saturated heterocycles. The number of thiophene rings is 1. The van der Waals surface area contributed by atoms with Gasteiger partial charge in [-0.25, -0.2) is 0 Å². The molecule has 0 bridgehead atoms. The zero-order chi connectivity index (χ0) is 17.6. The van der Waals surface area contributed by atoms with Gasteiger partial charge in [0.25, 0.3) is 0 Å². The van der Waals surface area contributed by atoms with Gasteiger partial charge in [0, 0.05) is 42.4 Å². The third-order valence-electron chi connectivity index (χ3n) is 5.24. The van der Waals surface area contributed by atoms with Crippen molar-refractivity contribution in [2.45, 2.75) is 44.8 Å². The molecular formula is C20H28ClN3S. The fourth-order valence-corrected chi connectivity index (χ4v) is 4.49. The van der Waals surface area contributed by atoms with Crippen LogP contribution in [0.2, 0.25) is 5.02 Å². The maximum absolute atomic E-state index is 6.09. The van der Waals surface area contributed by atoms with Crippen LogP contribution in [0.25, 0.3) is 0 Å². The number of halogens is 1. The van der Waals surface area contributed by atoms with Crippen molar-refractivity contribution in [3.05, 3.63) is 51.7 Å². The molecule has 2 heterocycles. The van der Waals surface area contributed by atoms with Crippen molar-refractivity contribution in [1.29, 1.82) is 0 Å². The van der Waals surface area contributed by atoms with Gasteiger partial charge in [-0.05, 0) is 79.4 Å². The molecule has 3 rings (SSSR count). The Morgan fingerprint density at radius 2 is 1.96 bits per heavy atom. The van der Waals surface area contributed by atoms with E-state index < -0.39 is 0 Å². The Morgan fingerprint density at radius 1 is 1.24 bits per heavy atom. The quantitative estimate of drug-likeness (QED) is 0.764. The fourth-order valence-electron chi connectivity index (χ4n) is 3.71. The number of likely N-dealkylation sites (tertiary alicyclic amines) is 1. The predicted octanol–water partition coefficient (Wildman–Crippen LogP) is 4.61. The highest BCUT2D eigenvalue weighted by molar-refractivity contribution is 7.07. The van der Waals surface area contributed by atoms with Crippen LogP contribution in [0.5, 0.6) is 0 Å². The van der Waals surface area contributed by atoms with E-state index >= 15 is 0 Å². The van der Waals surface area contributed by atoms with E-state index in [9.17, 15) is 0 Å². The first kappa shape index (κ1) is 18.7. The van der Waals surface area contributed by atoms with Gasteiger partial charge in [-0.3, -0.25) is 0 Å². The first-order valence-corrected chi connectivity index (χ1v) is 10.5. The van der Waals surface area contributed by atoms with Crippen LogP contribution in [-0.2, 0) is 6.54 Å². The number of benzene rings is 1. The average molecular weight is 378 g/mol. The van der Waals surface area contributed by atoms with Gasteiger partial charge in [-0.15, -0.1) is 0 Å². The molecule has 0 spiro atoms. The molecule has 3 nitrogen and oxygen atoms in total. The molecule has 0 aliphatic carbocycles. The second kappa shape index (κ2) is 9.04. The SMILES string of the molecule is C[C@H](CCN)N1CCC(N(Cc2ccsc2)c2ccc(Cl)cc2)CC1. The topological polar surface area (TPSA) is 32.5 Å². The van der Waals surface area contributed by atoms with E-state index in [4.69, 9.17) is 17.3 Å². The standard InChI is InChI=1S/C20H28ClN3S/c1-16(6-10-22)23-11-7-20(8-12-23)24(14-17-9-13-25-15-17)19-4-2-18(21)3-5-19/h2-5,9,13,15-16,20H,6-8,10-12,14,22H2,1H3/t16-/m1/s1. The molecule has 2 aromatic rings. The van der Waals surface area contributed by atoms with Crippen LogP contribution in [0.1, 0.15) is 31.7 Å².